The van der Waals surface area contributed by atoms with Gasteiger partial charge in [-0.2, -0.15) is 0 Å². The second-order valence-electron chi connectivity index (χ2n) is 3.93. The van der Waals surface area contributed by atoms with Crippen LogP contribution >= 0.6 is 0 Å². The number of H-pyrrole nitrogens is 1. The summed E-state index contributed by atoms with van der Waals surface area (Å²) in [6, 6.07) is 9.45. The molecule has 1 heterocycles. The average molecular weight is 261 g/mol. The molecule has 100 valence electrons. The predicted molar refractivity (Wildman–Crippen MR) is 69.1 cm³/mol. The Balaban J connectivity index is 1.95. The van der Waals surface area contributed by atoms with Crippen molar-refractivity contribution < 1.29 is 4.79 Å². The molecule has 2 aromatic rings. The minimum Gasteiger partial charge on any atom is -0.744 e. The number of hydrogen-bond acceptors (Lipinski definition) is 3. The fraction of sp³-hybridized carbons (Fsp3) is 0.167. The van der Waals surface area contributed by atoms with Gasteiger partial charge in [0.2, 0.25) is 0 Å². The van der Waals surface area contributed by atoms with E-state index in [9.17, 15) is 15.2 Å². The Morgan fingerprint density at radius 3 is 2.74 bits per heavy atom. The lowest BCUT2D eigenvalue weighted by atomic mass is 10.2. The highest BCUT2D eigenvalue weighted by molar-refractivity contribution is 5.75. The second kappa shape index (κ2) is 5.76. The molecule has 0 bridgehead atoms. The number of aromatic nitrogens is 2. The van der Waals surface area contributed by atoms with Crippen LogP contribution < -0.4 is 15.8 Å². The molecule has 2 rings (SSSR count). The molecule has 1 amide bonds. The Morgan fingerprint density at radius 2 is 2.05 bits per heavy atom. The van der Waals surface area contributed by atoms with Gasteiger partial charge in [0.1, 0.15) is 0 Å². The Kier molecular flexibility index (Phi) is 3.87. The summed E-state index contributed by atoms with van der Waals surface area (Å²) in [5.41, 5.74) is 0.763. The largest absolute Gasteiger partial charge is 0.744 e. The van der Waals surface area contributed by atoms with E-state index in [0.717, 1.165) is 5.56 Å². The van der Waals surface area contributed by atoms with Gasteiger partial charge >= 0.3 is 5.62 Å². The molecule has 0 aliphatic heterocycles. The quantitative estimate of drug-likeness (QED) is 0.752. The first-order valence-electron chi connectivity index (χ1n) is 5.68. The van der Waals surface area contributed by atoms with Gasteiger partial charge in [-0.3, -0.25) is 9.70 Å². The summed E-state index contributed by atoms with van der Waals surface area (Å²) in [7, 11) is 0. The molecule has 0 unspecified atom stereocenters. The first-order valence-corrected chi connectivity index (χ1v) is 5.68. The van der Waals surface area contributed by atoms with Crippen LogP contribution in [0.1, 0.15) is 5.56 Å². The van der Waals surface area contributed by atoms with Crippen LogP contribution in [0, 0.1) is 10.4 Å². The van der Waals surface area contributed by atoms with Gasteiger partial charge in [-0.15, -0.1) is 0 Å². The zero-order valence-corrected chi connectivity index (χ0v) is 10.1. The highest BCUT2D eigenvalue weighted by Crippen LogP contribution is 1.97. The first-order chi connectivity index (χ1) is 9.16. The van der Waals surface area contributed by atoms with Crippen molar-refractivity contribution in [3.8, 4) is 0 Å². The van der Waals surface area contributed by atoms with Crippen LogP contribution in [0.15, 0.2) is 42.7 Å². The lowest BCUT2D eigenvalue weighted by Crippen LogP contribution is -2.35. The molecule has 1 aromatic heterocycles. The standard InChI is InChI=1S/C12H13N4O3/c17-11(14-8-10-4-2-1-3-5-10)9-15-7-6-13-12(15)16(18)19/h1-7,13H,8-9H2,(H-,14,17,18,19)/q-1. The number of carbonyl (C=O) groups excluding carboxylic acids is 1. The molecule has 0 saturated carbocycles. The molecule has 0 saturated heterocycles. The molecule has 0 spiro atoms. The summed E-state index contributed by atoms with van der Waals surface area (Å²) < 4.78 is 1.25. The Morgan fingerprint density at radius 1 is 1.32 bits per heavy atom. The Labute approximate surface area is 109 Å². The third-order valence-electron chi connectivity index (χ3n) is 2.56. The van der Waals surface area contributed by atoms with Gasteiger partial charge < -0.3 is 15.7 Å². The summed E-state index contributed by atoms with van der Waals surface area (Å²) in [5, 5.41) is 24.0. The number of imidazole rings is 1. The summed E-state index contributed by atoms with van der Waals surface area (Å²) in [4.78, 5) is 13.6. The van der Waals surface area contributed by atoms with Gasteiger partial charge in [-0.1, -0.05) is 30.3 Å². The number of benzene rings is 1. The summed E-state index contributed by atoms with van der Waals surface area (Å²) in [6.45, 7) is 0.311. The summed E-state index contributed by atoms with van der Waals surface area (Å²) >= 11 is 0. The molecular formula is C12H13N4O3-. The number of carbonyl (C=O) groups is 1. The molecule has 0 aliphatic carbocycles. The van der Waals surface area contributed by atoms with Crippen LogP contribution in [0.5, 0.6) is 0 Å². The Hall–Kier alpha value is -2.70. The van der Waals surface area contributed by atoms with E-state index in [-0.39, 0.29) is 18.1 Å². The number of hydrogen-bond donors (Lipinski definition) is 2. The predicted octanol–water partition coefficient (Wildman–Crippen LogP) is -0.0996. The minimum atomic E-state index is -0.565. The molecule has 1 aromatic carbocycles. The summed E-state index contributed by atoms with van der Waals surface area (Å²) in [6.07, 6.45) is 2.88. The van der Waals surface area contributed by atoms with Gasteiger partial charge in [-0.25, -0.2) is 9.55 Å². The normalized spacial score (nSPS) is 10.1. The van der Waals surface area contributed by atoms with Crippen molar-refractivity contribution in [3.05, 3.63) is 64.3 Å². The van der Waals surface area contributed by atoms with Crippen molar-refractivity contribution in [3.63, 3.8) is 0 Å². The summed E-state index contributed by atoms with van der Waals surface area (Å²) in [5.74, 6) is -0.281. The van der Waals surface area contributed by atoms with Gasteiger partial charge in [0.05, 0.1) is 12.4 Å². The van der Waals surface area contributed by atoms with E-state index < -0.39 is 4.90 Å². The lowest BCUT2D eigenvalue weighted by Gasteiger charge is -2.12. The van der Waals surface area contributed by atoms with Crippen LogP contribution in [0.4, 0.5) is 0 Å². The van der Waals surface area contributed by atoms with Crippen molar-refractivity contribution in [1.29, 1.82) is 0 Å². The van der Waals surface area contributed by atoms with Gasteiger partial charge in [0, 0.05) is 6.54 Å². The average Bonchev–Trinajstić information content (AvgIpc) is 2.86. The molecule has 7 heteroatoms. The highest BCUT2D eigenvalue weighted by Gasteiger charge is 2.08. The van der Waals surface area contributed by atoms with Crippen LogP contribution in [0.3, 0.4) is 0 Å². The van der Waals surface area contributed by atoms with Crippen LogP contribution in [-0.4, -0.2) is 15.5 Å². The fourth-order valence-corrected chi connectivity index (χ4v) is 1.65. The zero-order valence-electron chi connectivity index (χ0n) is 10.1. The van der Waals surface area contributed by atoms with E-state index in [1.54, 1.807) is 0 Å². The van der Waals surface area contributed by atoms with Gasteiger partial charge in [0.25, 0.3) is 5.91 Å². The van der Waals surface area contributed by atoms with Crippen molar-refractivity contribution in [2.75, 3.05) is 0 Å². The topological polar surface area (TPSA) is 99.0 Å². The van der Waals surface area contributed by atoms with E-state index in [2.05, 4.69) is 10.3 Å². The van der Waals surface area contributed by atoms with Crippen molar-refractivity contribution in [2.24, 2.45) is 0 Å². The van der Waals surface area contributed by atoms with Gasteiger partial charge in [-0.05, 0) is 5.56 Å². The van der Waals surface area contributed by atoms with Crippen molar-refractivity contribution in [1.82, 2.24) is 19.8 Å². The fourth-order valence-electron chi connectivity index (χ4n) is 1.65. The minimum absolute atomic E-state index is 0.0906. The maximum Gasteiger partial charge on any atom is 0.358 e. The maximum absolute atomic E-state index is 11.7. The smallest absolute Gasteiger partial charge is 0.358 e. The van der Waals surface area contributed by atoms with E-state index in [1.807, 2.05) is 30.3 Å². The third kappa shape index (κ3) is 3.38. The highest BCUT2D eigenvalue weighted by atomic mass is 16.8. The monoisotopic (exact) mass is 261 g/mol. The molecule has 19 heavy (non-hydrogen) atoms. The van der Waals surface area contributed by atoms with E-state index in [0.29, 0.717) is 6.54 Å². The molecule has 0 fully saturated rings. The van der Waals surface area contributed by atoms with E-state index >= 15 is 0 Å². The SMILES string of the molecule is O=C(Cn1cc[nH]c1=[N+]([O-])[O-])NCc1ccccc1. The number of aromatic amines is 1. The third-order valence-corrected chi connectivity index (χ3v) is 2.56. The second-order valence-corrected chi connectivity index (χ2v) is 3.93. The number of amides is 1. The van der Waals surface area contributed by atoms with Crippen molar-refractivity contribution >= 4 is 5.91 Å². The molecular weight excluding hydrogens is 248 g/mol. The van der Waals surface area contributed by atoms with Crippen molar-refractivity contribution in [2.45, 2.75) is 13.1 Å². The van der Waals surface area contributed by atoms with E-state index in [1.165, 1.54) is 17.0 Å². The van der Waals surface area contributed by atoms with Crippen LogP contribution in [0.2, 0.25) is 0 Å². The van der Waals surface area contributed by atoms with Crippen LogP contribution in [-0.2, 0) is 17.9 Å². The molecule has 2 N–H and O–H groups in total. The first kappa shape index (κ1) is 12.7. The van der Waals surface area contributed by atoms with E-state index in [4.69, 9.17) is 0 Å². The number of nitrogens with zero attached hydrogens (tertiary/aromatic N) is 2. The molecule has 0 aliphatic rings. The Bertz CT molecular complexity index is 611. The molecule has 7 nitrogen and oxygen atoms in total. The molecule has 0 atom stereocenters. The maximum atomic E-state index is 11.7. The lowest BCUT2D eigenvalue weighted by molar-refractivity contribution is -0.121. The number of nitrogens with one attached hydrogen (secondary N) is 2. The van der Waals surface area contributed by atoms with Crippen LogP contribution in [0.25, 0.3) is 0 Å². The zero-order chi connectivity index (χ0) is 13.7. The van der Waals surface area contributed by atoms with Gasteiger partial charge in [0.15, 0.2) is 6.54 Å². The molecule has 0 radical (unpaired) electrons. The number of rotatable bonds is 4.